The predicted molar refractivity (Wildman–Crippen MR) is 58.4 cm³/mol. The van der Waals surface area contributed by atoms with Crippen molar-refractivity contribution >= 4 is 11.9 Å². The summed E-state index contributed by atoms with van der Waals surface area (Å²) in [6.07, 6.45) is 2.80. The van der Waals surface area contributed by atoms with Gasteiger partial charge in [-0.15, -0.1) is 0 Å². The molecule has 1 saturated carbocycles. The van der Waals surface area contributed by atoms with E-state index in [1.54, 1.807) is 0 Å². The Morgan fingerprint density at radius 3 is 2.31 bits per heavy atom. The first-order valence-corrected chi connectivity index (χ1v) is 5.89. The molecule has 2 N–H and O–H groups in total. The molecule has 0 radical (unpaired) electrons. The molecule has 5 heteroatoms. The van der Waals surface area contributed by atoms with Crippen LogP contribution in [-0.4, -0.2) is 47.6 Å². The summed E-state index contributed by atoms with van der Waals surface area (Å²) in [5.41, 5.74) is 0. The lowest BCUT2D eigenvalue weighted by Gasteiger charge is -2.31. The first-order valence-electron chi connectivity index (χ1n) is 5.89. The van der Waals surface area contributed by atoms with Gasteiger partial charge >= 0.3 is 6.09 Å². The molecule has 1 aliphatic carbocycles. The molecule has 0 bridgehead atoms. The third-order valence-electron chi connectivity index (χ3n) is 3.33. The zero-order valence-electron chi connectivity index (χ0n) is 9.32. The van der Waals surface area contributed by atoms with Gasteiger partial charge in [0, 0.05) is 25.0 Å². The summed E-state index contributed by atoms with van der Waals surface area (Å²) in [7, 11) is 0. The van der Waals surface area contributed by atoms with Crippen molar-refractivity contribution in [1.29, 1.82) is 0 Å². The van der Waals surface area contributed by atoms with Gasteiger partial charge in [-0.2, -0.15) is 0 Å². The summed E-state index contributed by atoms with van der Waals surface area (Å²) in [5.74, 6) is 0.694. The van der Waals surface area contributed by atoms with Crippen LogP contribution in [0.1, 0.15) is 25.7 Å². The Morgan fingerprint density at radius 1 is 1.19 bits per heavy atom. The van der Waals surface area contributed by atoms with Gasteiger partial charge < -0.3 is 10.4 Å². The molecule has 1 aliphatic heterocycles. The number of carbonyl (C=O) groups excluding carboxylic acids is 1. The van der Waals surface area contributed by atoms with Crippen LogP contribution >= 0.6 is 0 Å². The molecule has 0 spiro atoms. The van der Waals surface area contributed by atoms with Gasteiger partial charge in [0.15, 0.2) is 0 Å². The number of hydrogen-bond acceptors (Lipinski definition) is 3. The van der Waals surface area contributed by atoms with Gasteiger partial charge in [-0.1, -0.05) is 0 Å². The number of ketones is 1. The maximum Gasteiger partial charge on any atom is 0.404 e. The van der Waals surface area contributed by atoms with Crippen LogP contribution in [0.15, 0.2) is 0 Å². The number of carboxylic acid groups (broad SMARTS) is 1. The van der Waals surface area contributed by atoms with E-state index >= 15 is 0 Å². The number of amides is 1. The Labute approximate surface area is 94.8 Å². The Balaban J connectivity index is 1.68. The highest BCUT2D eigenvalue weighted by molar-refractivity contribution is 5.85. The van der Waals surface area contributed by atoms with Crippen LogP contribution in [0.5, 0.6) is 0 Å². The number of likely N-dealkylation sites (tertiary alicyclic amines) is 1. The number of Topliss-reactive ketones (excluding diaryl/α,β-unsaturated/α-hetero) is 1. The highest BCUT2D eigenvalue weighted by atomic mass is 16.4. The van der Waals surface area contributed by atoms with Crippen LogP contribution in [0.2, 0.25) is 0 Å². The van der Waals surface area contributed by atoms with Gasteiger partial charge in [0.1, 0.15) is 5.78 Å². The first kappa shape index (κ1) is 11.4. The fourth-order valence-corrected chi connectivity index (χ4v) is 2.16. The van der Waals surface area contributed by atoms with Crippen molar-refractivity contribution in [2.24, 2.45) is 5.92 Å². The third-order valence-corrected chi connectivity index (χ3v) is 3.33. The minimum absolute atomic E-state index is 0.0600. The molecular weight excluding hydrogens is 208 g/mol. The Hall–Kier alpha value is -1.10. The van der Waals surface area contributed by atoms with Gasteiger partial charge in [-0.25, -0.2) is 4.79 Å². The van der Waals surface area contributed by atoms with Crippen molar-refractivity contribution in [3.8, 4) is 0 Å². The normalized spacial score (nSPS) is 23.0. The highest BCUT2D eigenvalue weighted by Gasteiger charge is 2.31. The maximum absolute atomic E-state index is 11.6. The molecule has 1 heterocycles. The van der Waals surface area contributed by atoms with Crippen molar-refractivity contribution in [3.63, 3.8) is 0 Å². The molecule has 0 atom stereocenters. The minimum Gasteiger partial charge on any atom is -0.465 e. The number of nitrogens with one attached hydrogen (secondary N) is 1. The zero-order chi connectivity index (χ0) is 11.5. The van der Waals surface area contributed by atoms with Gasteiger partial charge in [0.2, 0.25) is 0 Å². The van der Waals surface area contributed by atoms with E-state index in [1.807, 2.05) is 0 Å². The van der Waals surface area contributed by atoms with Crippen molar-refractivity contribution in [2.45, 2.75) is 31.7 Å². The average Bonchev–Trinajstić information content (AvgIpc) is 3.03. The number of piperidine rings is 1. The van der Waals surface area contributed by atoms with E-state index in [9.17, 15) is 9.59 Å². The zero-order valence-corrected chi connectivity index (χ0v) is 9.32. The quantitative estimate of drug-likeness (QED) is 0.740. The molecule has 90 valence electrons. The van der Waals surface area contributed by atoms with E-state index in [4.69, 9.17) is 5.11 Å². The molecular formula is C11H18N2O3. The second kappa shape index (κ2) is 4.82. The molecule has 0 aromatic rings. The highest BCUT2D eigenvalue weighted by Crippen LogP contribution is 2.30. The van der Waals surface area contributed by atoms with Gasteiger partial charge in [0.05, 0.1) is 6.54 Å². The predicted octanol–water partition coefficient (Wildman–Crippen LogP) is 0.697. The second-order valence-electron chi connectivity index (χ2n) is 4.74. The first-order chi connectivity index (χ1) is 7.65. The molecule has 0 aromatic heterocycles. The monoisotopic (exact) mass is 226 g/mol. The molecule has 2 aliphatic rings. The van der Waals surface area contributed by atoms with Crippen LogP contribution in [0.4, 0.5) is 4.79 Å². The van der Waals surface area contributed by atoms with E-state index in [1.165, 1.54) is 0 Å². The largest absolute Gasteiger partial charge is 0.465 e. The summed E-state index contributed by atoms with van der Waals surface area (Å²) in [4.78, 5) is 24.2. The smallest absolute Gasteiger partial charge is 0.404 e. The molecule has 0 unspecified atom stereocenters. The SMILES string of the molecule is O=C(O)NC1CCN(CC(=O)C2CC2)CC1. The van der Waals surface area contributed by atoms with Gasteiger partial charge in [-0.3, -0.25) is 9.69 Å². The number of hydrogen-bond donors (Lipinski definition) is 2. The van der Waals surface area contributed by atoms with E-state index in [0.717, 1.165) is 38.8 Å². The van der Waals surface area contributed by atoms with E-state index in [2.05, 4.69) is 10.2 Å². The maximum atomic E-state index is 11.6. The summed E-state index contributed by atoms with van der Waals surface area (Å²) < 4.78 is 0. The van der Waals surface area contributed by atoms with Crippen molar-refractivity contribution in [2.75, 3.05) is 19.6 Å². The summed E-state index contributed by atoms with van der Waals surface area (Å²) in [6, 6.07) is 0.0600. The summed E-state index contributed by atoms with van der Waals surface area (Å²) in [6.45, 7) is 2.21. The van der Waals surface area contributed by atoms with Crippen LogP contribution in [-0.2, 0) is 4.79 Å². The van der Waals surface area contributed by atoms with Gasteiger partial charge in [-0.05, 0) is 25.7 Å². The van der Waals surface area contributed by atoms with Crippen LogP contribution < -0.4 is 5.32 Å². The van der Waals surface area contributed by atoms with E-state index in [-0.39, 0.29) is 6.04 Å². The standard InChI is InChI=1S/C11H18N2O3/c14-10(8-1-2-8)7-13-5-3-9(4-6-13)12-11(15)16/h8-9,12H,1-7H2,(H,15,16). The Kier molecular flexibility index (Phi) is 3.43. The molecule has 1 saturated heterocycles. The fourth-order valence-electron chi connectivity index (χ4n) is 2.16. The molecule has 1 amide bonds. The van der Waals surface area contributed by atoms with Crippen LogP contribution in [0.25, 0.3) is 0 Å². The number of carbonyl (C=O) groups is 2. The summed E-state index contributed by atoms with van der Waals surface area (Å²) >= 11 is 0. The molecule has 5 nitrogen and oxygen atoms in total. The second-order valence-corrected chi connectivity index (χ2v) is 4.74. The van der Waals surface area contributed by atoms with Crippen molar-refractivity contribution in [3.05, 3.63) is 0 Å². The van der Waals surface area contributed by atoms with Crippen LogP contribution in [0, 0.1) is 5.92 Å². The van der Waals surface area contributed by atoms with Gasteiger partial charge in [0.25, 0.3) is 0 Å². The Morgan fingerprint density at radius 2 is 1.81 bits per heavy atom. The number of nitrogens with zero attached hydrogens (tertiary/aromatic N) is 1. The molecule has 0 aromatic carbocycles. The lowest BCUT2D eigenvalue weighted by Crippen LogP contribution is -2.45. The lowest BCUT2D eigenvalue weighted by molar-refractivity contribution is -0.121. The fraction of sp³-hybridized carbons (Fsp3) is 0.818. The lowest BCUT2D eigenvalue weighted by atomic mass is 10.0. The summed E-state index contributed by atoms with van der Waals surface area (Å²) in [5, 5.41) is 11.1. The number of rotatable bonds is 4. The molecule has 16 heavy (non-hydrogen) atoms. The molecule has 2 fully saturated rings. The minimum atomic E-state index is -0.951. The van der Waals surface area contributed by atoms with Crippen molar-refractivity contribution < 1.29 is 14.7 Å². The van der Waals surface area contributed by atoms with Crippen LogP contribution in [0.3, 0.4) is 0 Å². The molecule has 2 rings (SSSR count). The topological polar surface area (TPSA) is 69.6 Å². The van der Waals surface area contributed by atoms with Crippen molar-refractivity contribution in [1.82, 2.24) is 10.2 Å². The van der Waals surface area contributed by atoms with E-state index < -0.39 is 6.09 Å². The Bertz CT molecular complexity index is 281. The third kappa shape index (κ3) is 3.20. The average molecular weight is 226 g/mol. The van der Waals surface area contributed by atoms with E-state index in [0.29, 0.717) is 18.2 Å².